The second kappa shape index (κ2) is 7.00. The van der Waals surface area contributed by atoms with Crippen LogP contribution in [0.15, 0.2) is 0 Å². The van der Waals surface area contributed by atoms with Crippen molar-refractivity contribution in [3.8, 4) is 0 Å². The zero-order valence-corrected chi connectivity index (χ0v) is 18.8. The van der Waals surface area contributed by atoms with Crippen LogP contribution >= 0.6 is 0 Å². The molecule has 4 saturated carbocycles. The van der Waals surface area contributed by atoms with Crippen LogP contribution in [-0.4, -0.2) is 22.8 Å². The largest absolute Gasteiger partial charge is 0.459 e. The average molecular weight is 391 g/mol. The lowest BCUT2D eigenvalue weighted by atomic mass is 9.42. The summed E-state index contributed by atoms with van der Waals surface area (Å²) in [7, 11) is 0. The molecule has 0 aromatic heterocycles. The SMILES string of the molecule is CCCC1(OC(C)=O)CC[C@H]2[C@@H]3CCC4CC(O)CC(C)[C@]4(C)[C@@H]3CC[C@@]21C. The smallest absolute Gasteiger partial charge is 0.303 e. The van der Waals surface area contributed by atoms with Gasteiger partial charge in [0.2, 0.25) is 0 Å². The summed E-state index contributed by atoms with van der Waals surface area (Å²) in [5, 5.41) is 10.4. The second-order valence-corrected chi connectivity index (χ2v) is 11.4. The molecule has 0 spiro atoms. The highest BCUT2D eigenvalue weighted by atomic mass is 16.6. The van der Waals surface area contributed by atoms with Gasteiger partial charge < -0.3 is 9.84 Å². The first kappa shape index (κ1) is 20.7. The van der Waals surface area contributed by atoms with Crippen molar-refractivity contribution >= 4 is 5.97 Å². The number of esters is 1. The van der Waals surface area contributed by atoms with Crippen molar-refractivity contribution in [2.75, 3.05) is 0 Å². The number of hydrogen-bond donors (Lipinski definition) is 1. The number of hydrogen-bond acceptors (Lipinski definition) is 3. The fourth-order valence-electron chi connectivity index (χ4n) is 9.10. The Morgan fingerprint density at radius 3 is 2.46 bits per heavy atom. The molecule has 0 saturated heterocycles. The van der Waals surface area contributed by atoms with E-state index >= 15 is 0 Å². The highest BCUT2D eigenvalue weighted by Gasteiger charge is 2.66. The van der Waals surface area contributed by atoms with Crippen LogP contribution < -0.4 is 0 Å². The van der Waals surface area contributed by atoms with Crippen LogP contribution in [0.5, 0.6) is 0 Å². The first-order valence-corrected chi connectivity index (χ1v) is 12.1. The van der Waals surface area contributed by atoms with Crippen molar-refractivity contribution in [1.29, 1.82) is 0 Å². The molecule has 0 bridgehead atoms. The van der Waals surface area contributed by atoms with Crippen molar-refractivity contribution < 1.29 is 14.6 Å². The zero-order chi connectivity index (χ0) is 20.3. The normalized spacial score (nSPS) is 53.1. The Bertz CT molecular complexity index is 617. The van der Waals surface area contributed by atoms with E-state index in [4.69, 9.17) is 4.74 Å². The van der Waals surface area contributed by atoms with Crippen molar-refractivity contribution in [3.63, 3.8) is 0 Å². The molecule has 0 amide bonds. The van der Waals surface area contributed by atoms with Gasteiger partial charge in [-0.2, -0.15) is 0 Å². The summed E-state index contributed by atoms with van der Waals surface area (Å²) in [6, 6.07) is 0. The number of carbonyl (C=O) groups is 1. The molecule has 4 rings (SSSR count). The molecule has 3 heteroatoms. The maximum atomic E-state index is 12.0. The van der Waals surface area contributed by atoms with E-state index in [1.54, 1.807) is 6.92 Å². The van der Waals surface area contributed by atoms with Gasteiger partial charge in [-0.3, -0.25) is 4.79 Å². The fourth-order valence-corrected chi connectivity index (χ4v) is 9.10. The van der Waals surface area contributed by atoms with Gasteiger partial charge in [-0.25, -0.2) is 0 Å². The Hall–Kier alpha value is -0.570. The predicted octanol–water partition coefficient (Wildman–Crippen LogP) is 5.74. The molecule has 1 N–H and O–H groups in total. The van der Waals surface area contributed by atoms with Gasteiger partial charge in [0.25, 0.3) is 0 Å². The predicted molar refractivity (Wildman–Crippen MR) is 112 cm³/mol. The van der Waals surface area contributed by atoms with E-state index in [0.717, 1.165) is 43.9 Å². The third-order valence-corrected chi connectivity index (χ3v) is 10.5. The van der Waals surface area contributed by atoms with E-state index in [0.29, 0.717) is 23.2 Å². The van der Waals surface area contributed by atoms with E-state index in [-0.39, 0.29) is 23.1 Å². The van der Waals surface area contributed by atoms with Gasteiger partial charge in [0.15, 0.2) is 0 Å². The minimum Gasteiger partial charge on any atom is -0.459 e. The number of fused-ring (bicyclic) bond motifs is 5. The van der Waals surface area contributed by atoms with Crippen molar-refractivity contribution in [1.82, 2.24) is 0 Å². The van der Waals surface area contributed by atoms with E-state index in [2.05, 4.69) is 27.7 Å². The molecule has 4 aliphatic carbocycles. The Morgan fingerprint density at radius 2 is 1.79 bits per heavy atom. The Labute approximate surface area is 172 Å². The molecule has 9 atom stereocenters. The number of aliphatic hydroxyl groups is 1. The summed E-state index contributed by atoms with van der Waals surface area (Å²) in [5.74, 6) is 3.44. The molecule has 3 nitrogen and oxygen atoms in total. The van der Waals surface area contributed by atoms with Gasteiger partial charge in [-0.15, -0.1) is 0 Å². The summed E-state index contributed by atoms with van der Waals surface area (Å²) < 4.78 is 6.19. The monoisotopic (exact) mass is 390 g/mol. The molecule has 4 unspecified atom stereocenters. The Kier molecular flexibility index (Phi) is 5.17. The van der Waals surface area contributed by atoms with Crippen LogP contribution in [0, 0.1) is 40.4 Å². The number of ether oxygens (including phenoxy) is 1. The third kappa shape index (κ3) is 2.74. The van der Waals surface area contributed by atoms with Crippen LogP contribution in [0.25, 0.3) is 0 Å². The lowest BCUT2D eigenvalue weighted by Crippen LogP contribution is -2.59. The first-order valence-electron chi connectivity index (χ1n) is 12.1. The topological polar surface area (TPSA) is 46.5 Å². The van der Waals surface area contributed by atoms with Gasteiger partial charge in [-0.05, 0) is 92.8 Å². The highest BCUT2D eigenvalue weighted by Crippen LogP contribution is 2.70. The highest BCUT2D eigenvalue weighted by molar-refractivity contribution is 5.66. The molecular weight excluding hydrogens is 348 g/mol. The lowest BCUT2D eigenvalue weighted by molar-refractivity contribution is -0.196. The molecule has 0 radical (unpaired) electrons. The molecule has 4 fully saturated rings. The summed E-state index contributed by atoms with van der Waals surface area (Å²) in [6.07, 6.45) is 11.3. The maximum Gasteiger partial charge on any atom is 0.303 e. The van der Waals surface area contributed by atoms with Crippen LogP contribution in [0.3, 0.4) is 0 Å². The van der Waals surface area contributed by atoms with Crippen LogP contribution in [-0.2, 0) is 9.53 Å². The summed E-state index contributed by atoms with van der Waals surface area (Å²) >= 11 is 0. The lowest BCUT2D eigenvalue weighted by Gasteiger charge is -2.63. The van der Waals surface area contributed by atoms with E-state index in [1.807, 2.05) is 0 Å². The van der Waals surface area contributed by atoms with E-state index < -0.39 is 0 Å². The van der Waals surface area contributed by atoms with Crippen molar-refractivity contribution in [3.05, 3.63) is 0 Å². The van der Waals surface area contributed by atoms with Crippen LogP contribution in [0.2, 0.25) is 0 Å². The number of rotatable bonds is 3. The molecular formula is C25H42O3. The molecule has 160 valence electrons. The number of carbonyl (C=O) groups excluding carboxylic acids is 1. The van der Waals surface area contributed by atoms with E-state index in [9.17, 15) is 9.90 Å². The molecule has 0 heterocycles. The number of aliphatic hydroxyl groups excluding tert-OH is 1. The summed E-state index contributed by atoms with van der Waals surface area (Å²) in [5.41, 5.74) is 0.271. The van der Waals surface area contributed by atoms with Gasteiger partial charge >= 0.3 is 5.97 Å². The minimum absolute atomic E-state index is 0.0915. The molecule has 0 aromatic carbocycles. The Balaban J connectivity index is 1.65. The fraction of sp³-hybridized carbons (Fsp3) is 0.960. The molecule has 0 aliphatic heterocycles. The first-order chi connectivity index (χ1) is 13.2. The summed E-state index contributed by atoms with van der Waals surface area (Å²) in [6.45, 7) is 11.3. The molecule has 4 aliphatic rings. The van der Waals surface area contributed by atoms with E-state index in [1.165, 1.54) is 32.1 Å². The quantitative estimate of drug-likeness (QED) is 0.625. The van der Waals surface area contributed by atoms with Crippen molar-refractivity contribution in [2.45, 2.75) is 111 Å². The molecule has 0 aromatic rings. The second-order valence-electron chi connectivity index (χ2n) is 11.4. The van der Waals surface area contributed by atoms with Gasteiger partial charge in [0.05, 0.1) is 6.10 Å². The molecule has 28 heavy (non-hydrogen) atoms. The maximum absolute atomic E-state index is 12.0. The average Bonchev–Trinajstić information content (AvgIpc) is 2.89. The van der Waals surface area contributed by atoms with Gasteiger partial charge in [0.1, 0.15) is 5.60 Å². The van der Waals surface area contributed by atoms with Crippen LogP contribution in [0.1, 0.15) is 98.8 Å². The van der Waals surface area contributed by atoms with Gasteiger partial charge in [0, 0.05) is 12.3 Å². The minimum atomic E-state index is -0.241. The Morgan fingerprint density at radius 1 is 1.07 bits per heavy atom. The summed E-state index contributed by atoms with van der Waals surface area (Å²) in [4.78, 5) is 12.0. The zero-order valence-electron chi connectivity index (χ0n) is 18.8. The van der Waals surface area contributed by atoms with Crippen molar-refractivity contribution in [2.24, 2.45) is 40.4 Å². The standard InChI is InChI=1S/C25H42O3/c1-6-11-25(28-17(3)26)13-10-21-20-8-7-18-15-19(27)14-16(2)24(18,5)22(20)9-12-23(21,25)4/h16,18-22,27H,6-15H2,1-5H3/t16?,18?,19?,20-,21-,22+,23-,24-,25?/m0/s1. The third-order valence-electron chi connectivity index (χ3n) is 10.5. The van der Waals surface area contributed by atoms with Crippen LogP contribution in [0.4, 0.5) is 0 Å². The van der Waals surface area contributed by atoms with Gasteiger partial charge in [-0.1, -0.05) is 34.1 Å².